The highest BCUT2D eigenvalue weighted by molar-refractivity contribution is 7.99. The fraction of sp³-hybridized carbons (Fsp3) is 0.312. The number of nitrogens with two attached hydrogens (primary N) is 1. The fourth-order valence-electron chi connectivity index (χ4n) is 2.58. The van der Waals surface area contributed by atoms with Gasteiger partial charge in [-0.1, -0.05) is 23.4 Å². The zero-order chi connectivity index (χ0) is 18.0. The molecule has 1 fully saturated rings. The summed E-state index contributed by atoms with van der Waals surface area (Å²) in [6, 6.07) is 4.53. The van der Waals surface area contributed by atoms with Crippen LogP contribution in [0.3, 0.4) is 0 Å². The number of benzene rings is 1. The van der Waals surface area contributed by atoms with E-state index in [-0.39, 0.29) is 11.9 Å². The monoisotopic (exact) mass is 381 g/mol. The Morgan fingerprint density at radius 1 is 1.28 bits per heavy atom. The maximum Gasteiger partial charge on any atom is 0.222 e. The van der Waals surface area contributed by atoms with E-state index < -0.39 is 5.82 Å². The minimum Gasteiger partial charge on any atom is -0.368 e. The molecule has 2 heterocycles. The summed E-state index contributed by atoms with van der Waals surface area (Å²) in [4.78, 5) is 24.8. The Kier molecular flexibility index (Phi) is 5.29. The van der Waals surface area contributed by atoms with E-state index in [1.807, 2.05) is 4.90 Å². The van der Waals surface area contributed by atoms with Crippen molar-refractivity contribution >= 4 is 41.0 Å². The third kappa shape index (κ3) is 4.13. The van der Waals surface area contributed by atoms with Gasteiger partial charge in [-0.15, -0.1) is 0 Å². The van der Waals surface area contributed by atoms with Gasteiger partial charge in [0.1, 0.15) is 11.6 Å². The largest absolute Gasteiger partial charge is 0.368 e. The van der Waals surface area contributed by atoms with Gasteiger partial charge in [0.25, 0.3) is 0 Å². The molecular weight excluding hydrogens is 365 g/mol. The van der Waals surface area contributed by atoms with E-state index in [1.165, 1.54) is 17.8 Å². The van der Waals surface area contributed by atoms with Crippen LogP contribution in [0, 0.1) is 5.82 Å². The van der Waals surface area contributed by atoms with Crippen molar-refractivity contribution in [1.82, 2.24) is 14.9 Å². The molecule has 0 saturated carbocycles. The van der Waals surface area contributed by atoms with Crippen molar-refractivity contribution in [2.75, 3.05) is 36.8 Å². The number of rotatable bonds is 3. The molecule has 0 radical (unpaired) electrons. The number of hydrogen-bond acceptors (Lipinski definition) is 6. The van der Waals surface area contributed by atoms with Gasteiger partial charge in [-0.25, -0.2) is 9.37 Å². The van der Waals surface area contributed by atoms with Crippen LogP contribution >= 0.6 is 23.4 Å². The smallest absolute Gasteiger partial charge is 0.222 e. The van der Waals surface area contributed by atoms with Crippen LogP contribution in [0.2, 0.25) is 5.02 Å². The van der Waals surface area contributed by atoms with E-state index in [4.69, 9.17) is 17.3 Å². The molecule has 1 aromatic heterocycles. The molecule has 2 aromatic rings. The number of nitrogens with zero attached hydrogens (tertiary/aromatic N) is 4. The first-order valence-electron chi connectivity index (χ1n) is 7.70. The van der Waals surface area contributed by atoms with Crippen molar-refractivity contribution in [2.24, 2.45) is 0 Å². The third-order valence-corrected chi connectivity index (χ3v) is 5.19. The molecule has 0 bridgehead atoms. The second-order valence-corrected chi connectivity index (χ2v) is 7.11. The quantitative estimate of drug-likeness (QED) is 0.881. The van der Waals surface area contributed by atoms with E-state index in [0.717, 1.165) is 0 Å². The van der Waals surface area contributed by atoms with Gasteiger partial charge in [0.15, 0.2) is 0 Å². The van der Waals surface area contributed by atoms with Gasteiger partial charge in [-0.2, -0.15) is 4.98 Å². The fourth-order valence-corrected chi connectivity index (χ4v) is 3.64. The van der Waals surface area contributed by atoms with Gasteiger partial charge in [0.2, 0.25) is 11.9 Å². The third-order valence-electron chi connectivity index (χ3n) is 3.89. The van der Waals surface area contributed by atoms with Crippen molar-refractivity contribution in [2.45, 2.75) is 16.7 Å². The van der Waals surface area contributed by atoms with Gasteiger partial charge in [0.05, 0.1) is 4.90 Å². The average Bonchev–Trinajstić information content (AvgIpc) is 2.59. The minimum absolute atomic E-state index is 0.0553. The van der Waals surface area contributed by atoms with Crippen LogP contribution < -0.4 is 10.6 Å². The molecule has 25 heavy (non-hydrogen) atoms. The van der Waals surface area contributed by atoms with Gasteiger partial charge in [0, 0.05) is 49.2 Å². The number of aromatic nitrogens is 2. The topological polar surface area (TPSA) is 75.4 Å². The van der Waals surface area contributed by atoms with Crippen molar-refractivity contribution in [1.29, 1.82) is 0 Å². The van der Waals surface area contributed by atoms with Crippen LogP contribution in [-0.2, 0) is 4.79 Å². The van der Waals surface area contributed by atoms with Crippen LogP contribution in [0.15, 0.2) is 34.2 Å². The molecule has 1 amide bonds. The van der Waals surface area contributed by atoms with Crippen LogP contribution in [0.1, 0.15) is 6.92 Å². The number of anilines is 2. The Balaban J connectivity index is 1.85. The van der Waals surface area contributed by atoms with E-state index in [0.29, 0.717) is 46.8 Å². The highest BCUT2D eigenvalue weighted by Gasteiger charge is 2.23. The van der Waals surface area contributed by atoms with E-state index in [1.54, 1.807) is 30.2 Å². The normalized spacial score (nSPS) is 14.7. The highest BCUT2D eigenvalue weighted by atomic mass is 35.5. The number of hydrogen-bond donors (Lipinski definition) is 1. The maximum absolute atomic E-state index is 14.1. The van der Waals surface area contributed by atoms with Crippen LogP contribution in [0.25, 0.3) is 0 Å². The molecule has 1 aliphatic rings. The Morgan fingerprint density at radius 3 is 2.64 bits per heavy atom. The number of nitrogen functional groups attached to an aromatic ring is 1. The Morgan fingerprint density at radius 2 is 2.00 bits per heavy atom. The standard InChI is InChI=1S/C16H17ClFN5OS/c1-10(24)22-4-6-23(7-5-22)15-14(9-20-16(19)21-15)25-13-3-2-11(17)8-12(13)18/h2-3,8-9H,4-7H2,1H3,(H2,19,20,21). The molecule has 132 valence electrons. The average molecular weight is 382 g/mol. The molecule has 2 N–H and O–H groups in total. The second-order valence-electron chi connectivity index (χ2n) is 5.59. The Bertz CT molecular complexity index is 798. The molecule has 0 unspecified atom stereocenters. The summed E-state index contributed by atoms with van der Waals surface area (Å²) in [5.74, 6) is 0.460. The number of amides is 1. The summed E-state index contributed by atoms with van der Waals surface area (Å²) in [5, 5.41) is 0.344. The van der Waals surface area contributed by atoms with Crippen molar-refractivity contribution in [3.05, 3.63) is 35.2 Å². The van der Waals surface area contributed by atoms with E-state index in [2.05, 4.69) is 9.97 Å². The second kappa shape index (κ2) is 7.45. The van der Waals surface area contributed by atoms with Crippen LogP contribution in [-0.4, -0.2) is 47.0 Å². The number of piperazine rings is 1. The molecular formula is C16H17ClFN5OS. The van der Waals surface area contributed by atoms with Gasteiger partial charge >= 0.3 is 0 Å². The van der Waals surface area contributed by atoms with Gasteiger partial charge < -0.3 is 15.5 Å². The zero-order valence-corrected chi connectivity index (χ0v) is 15.1. The van der Waals surface area contributed by atoms with Gasteiger partial charge in [-0.05, 0) is 18.2 Å². The van der Waals surface area contributed by atoms with E-state index in [9.17, 15) is 9.18 Å². The number of carbonyl (C=O) groups excluding carboxylic acids is 1. The summed E-state index contributed by atoms with van der Waals surface area (Å²) in [6.45, 7) is 4.04. The molecule has 0 aliphatic carbocycles. The molecule has 9 heteroatoms. The van der Waals surface area contributed by atoms with Crippen LogP contribution in [0.5, 0.6) is 0 Å². The lowest BCUT2D eigenvalue weighted by Crippen LogP contribution is -2.48. The van der Waals surface area contributed by atoms with Crippen molar-refractivity contribution in [3.8, 4) is 0 Å². The van der Waals surface area contributed by atoms with Crippen molar-refractivity contribution in [3.63, 3.8) is 0 Å². The maximum atomic E-state index is 14.1. The minimum atomic E-state index is -0.401. The summed E-state index contributed by atoms with van der Waals surface area (Å²) in [7, 11) is 0. The van der Waals surface area contributed by atoms with Crippen molar-refractivity contribution < 1.29 is 9.18 Å². The lowest BCUT2D eigenvalue weighted by molar-refractivity contribution is -0.129. The molecule has 6 nitrogen and oxygen atoms in total. The Labute approximate surface area is 154 Å². The molecule has 1 aromatic carbocycles. The first-order valence-corrected chi connectivity index (χ1v) is 8.89. The summed E-state index contributed by atoms with van der Waals surface area (Å²) < 4.78 is 14.1. The lowest BCUT2D eigenvalue weighted by atomic mass is 10.3. The summed E-state index contributed by atoms with van der Waals surface area (Å²) >= 11 is 7.02. The first kappa shape index (κ1) is 17.8. The Hall–Kier alpha value is -2.06. The first-order chi connectivity index (χ1) is 11.9. The summed E-state index contributed by atoms with van der Waals surface area (Å²) in [5.41, 5.74) is 5.74. The molecule has 0 spiro atoms. The molecule has 3 rings (SSSR count). The van der Waals surface area contributed by atoms with Gasteiger partial charge in [-0.3, -0.25) is 4.79 Å². The number of halogens is 2. The zero-order valence-electron chi connectivity index (χ0n) is 13.6. The predicted molar refractivity (Wildman–Crippen MR) is 96.4 cm³/mol. The molecule has 1 aliphatic heterocycles. The highest BCUT2D eigenvalue weighted by Crippen LogP contribution is 2.36. The number of carbonyl (C=O) groups is 1. The summed E-state index contributed by atoms with van der Waals surface area (Å²) in [6.07, 6.45) is 1.59. The lowest BCUT2D eigenvalue weighted by Gasteiger charge is -2.35. The van der Waals surface area contributed by atoms with E-state index >= 15 is 0 Å². The SMILES string of the molecule is CC(=O)N1CCN(c2nc(N)ncc2Sc2ccc(Cl)cc2F)CC1. The molecule has 1 saturated heterocycles. The predicted octanol–water partition coefficient (Wildman–Crippen LogP) is 2.67. The molecule has 0 atom stereocenters. The van der Waals surface area contributed by atoms with Crippen LogP contribution in [0.4, 0.5) is 16.2 Å².